The maximum atomic E-state index is 12.9. The first-order valence-electron chi connectivity index (χ1n) is 8.19. The van der Waals surface area contributed by atoms with Crippen molar-refractivity contribution in [1.29, 1.82) is 0 Å². The Kier molecular flexibility index (Phi) is 5.31. The van der Waals surface area contributed by atoms with Crippen LogP contribution in [0, 0.1) is 0 Å². The van der Waals surface area contributed by atoms with Gasteiger partial charge in [-0.3, -0.25) is 10.1 Å². The van der Waals surface area contributed by atoms with Gasteiger partial charge >= 0.3 is 0 Å². The fourth-order valence-corrected chi connectivity index (χ4v) is 4.02. The average molecular weight is 417 g/mol. The largest absolute Gasteiger partial charge is 0.309 e. The average Bonchev–Trinajstić information content (AvgIpc) is 3.27. The first-order chi connectivity index (χ1) is 13.6. The van der Waals surface area contributed by atoms with Crippen molar-refractivity contribution in [3.63, 3.8) is 0 Å². The molecule has 28 heavy (non-hydrogen) atoms. The van der Waals surface area contributed by atoms with E-state index in [0.29, 0.717) is 32.9 Å². The number of nitrogens with zero attached hydrogens (tertiary/aromatic N) is 4. The highest BCUT2D eigenvalue weighted by molar-refractivity contribution is 7.99. The summed E-state index contributed by atoms with van der Waals surface area (Å²) < 4.78 is 27.2. The highest BCUT2D eigenvalue weighted by Gasteiger charge is 2.18. The minimum Gasteiger partial charge on any atom is -0.309 e. The van der Waals surface area contributed by atoms with Crippen LogP contribution in [0.3, 0.4) is 0 Å². The molecule has 0 aliphatic heterocycles. The van der Waals surface area contributed by atoms with Crippen LogP contribution in [-0.2, 0) is 11.3 Å². The van der Waals surface area contributed by atoms with Crippen LogP contribution in [0.25, 0.3) is 21.6 Å². The molecular weight excluding hydrogens is 404 g/mol. The summed E-state index contributed by atoms with van der Waals surface area (Å²) in [6, 6.07) is 16.5. The van der Waals surface area contributed by atoms with E-state index in [2.05, 4.69) is 20.5 Å². The lowest BCUT2D eigenvalue weighted by Gasteiger charge is -2.08. The monoisotopic (exact) mass is 417 g/mol. The maximum Gasteiger partial charge on any atom is 0.291 e. The lowest BCUT2D eigenvalue weighted by atomic mass is 10.2. The molecule has 6 nitrogen and oxygen atoms in total. The van der Waals surface area contributed by atoms with Crippen molar-refractivity contribution in [1.82, 2.24) is 19.7 Å². The summed E-state index contributed by atoms with van der Waals surface area (Å²) in [5.41, 5.74) is 2.07. The van der Waals surface area contributed by atoms with Crippen molar-refractivity contribution in [2.24, 2.45) is 0 Å². The number of benzene rings is 2. The maximum absolute atomic E-state index is 12.9. The quantitative estimate of drug-likeness (QED) is 0.468. The Hall–Kier alpha value is -2.85. The van der Waals surface area contributed by atoms with Gasteiger partial charge in [-0.05, 0) is 23.9 Å². The predicted molar refractivity (Wildman–Crippen MR) is 106 cm³/mol. The molecule has 0 aliphatic carbocycles. The SMILES string of the molecule is O=C(Cn1c(SC(F)F)nc2ccccc21)Nc1nnc(-c2ccccc2)s1. The zero-order valence-electron chi connectivity index (χ0n) is 14.3. The molecule has 2 aromatic heterocycles. The number of hydrogen-bond donors (Lipinski definition) is 1. The molecule has 0 atom stereocenters. The molecule has 0 fully saturated rings. The zero-order valence-corrected chi connectivity index (χ0v) is 15.9. The van der Waals surface area contributed by atoms with Crippen molar-refractivity contribution >= 4 is 45.2 Å². The van der Waals surface area contributed by atoms with Crippen LogP contribution < -0.4 is 5.32 Å². The van der Waals surface area contributed by atoms with Gasteiger partial charge in [0.1, 0.15) is 11.6 Å². The summed E-state index contributed by atoms with van der Waals surface area (Å²) in [6.45, 7) is -0.157. The van der Waals surface area contributed by atoms with E-state index in [9.17, 15) is 13.6 Å². The van der Waals surface area contributed by atoms with Gasteiger partial charge in [0, 0.05) is 5.56 Å². The van der Waals surface area contributed by atoms with Gasteiger partial charge < -0.3 is 4.57 Å². The molecular formula is C18H13F2N5OS2. The van der Waals surface area contributed by atoms with Crippen molar-refractivity contribution in [3.8, 4) is 10.6 Å². The first kappa shape index (κ1) is 18.5. The van der Waals surface area contributed by atoms with Gasteiger partial charge in [0.05, 0.1) is 11.0 Å². The Morgan fingerprint density at radius 1 is 1.11 bits per heavy atom. The number of aromatic nitrogens is 4. The fourth-order valence-electron chi connectivity index (χ4n) is 2.65. The summed E-state index contributed by atoms with van der Waals surface area (Å²) in [5, 5.41) is 11.8. The Labute approximate surface area is 166 Å². The minimum absolute atomic E-state index is 0.0913. The lowest BCUT2D eigenvalue weighted by Crippen LogP contribution is -2.19. The van der Waals surface area contributed by atoms with Crippen LogP contribution in [0.1, 0.15) is 0 Å². The van der Waals surface area contributed by atoms with Gasteiger partial charge in [0.2, 0.25) is 11.0 Å². The molecule has 1 N–H and O–H groups in total. The van der Waals surface area contributed by atoms with E-state index < -0.39 is 11.7 Å². The molecule has 0 bridgehead atoms. The number of alkyl halides is 2. The van der Waals surface area contributed by atoms with Gasteiger partial charge in [-0.25, -0.2) is 4.98 Å². The Morgan fingerprint density at radius 3 is 2.64 bits per heavy atom. The van der Waals surface area contributed by atoms with Crippen LogP contribution in [0.5, 0.6) is 0 Å². The second-order valence-electron chi connectivity index (χ2n) is 5.67. The molecule has 2 heterocycles. The van der Waals surface area contributed by atoms with Crippen LogP contribution in [0.15, 0.2) is 59.8 Å². The normalized spacial score (nSPS) is 11.2. The van der Waals surface area contributed by atoms with Crippen LogP contribution in [-0.4, -0.2) is 31.4 Å². The molecule has 4 rings (SSSR count). The predicted octanol–water partition coefficient (Wildman–Crippen LogP) is 4.51. The summed E-state index contributed by atoms with van der Waals surface area (Å²) in [4.78, 5) is 16.7. The summed E-state index contributed by atoms with van der Waals surface area (Å²) in [7, 11) is 0. The number of hydrogen-bond acceptors (Lipinski definition) is 6. The number of rotatable bonds is 6. The zero-order chi connectivity index (χ0) is 19.5. The molecule has 1 amide bonds. The Bertz CT molecular complexity index is 1110. The van der Waals surface area contributed by atoms with E-state index in [0.717, 1.165) is 5.56 Å². The van der Waals surface area contributed by atoms with Gasteiger partial charge in [-0.1, -0.05) is 53.8 Å². The van der Waals surface area contributed by atoms with E-state index >= 15 is 0 Å². The van der Waals surface area contributed by atoms with Crippen molar-refractivity contribution < 1.29 is 13.6 Å². The van der Waals surface area contributed by atoms with Crippen LogP contribution in [0.4, 0.5) is 13.9 Å². The van der Waals surface area contributed by atoms with E-state index in [1.807, 2.05) is 30.3 Å². The number of halogens is 2. The highest BCUT2D eigenvalue weighted by atomic mass is 32.2. The number of para-hydroxylation sites is 2. The number of imidazole rings is 1. The third-order valence-electron chi connectivity index (χ3n) is 3.81. The second kappa shape index (κ2) is 8.03. The van der Waals surface area contributed by atoms with E-state index in [4.69, 9.17) is 0 Å². The molecule has 0 aliphatic rings. The van der Waals surface area contributed by atoms with E-state index in [1.54, 1.807) is 24.3 Å². The Morgan fingerprint density at radius 2 is 1.86 bits per heavy atom. The molecule has 0 unspecified atom stereocenters. The van der Waals surface area contributed by atoms with Gasteiger partial charge in [-0.15, -0.1) is 10.2 Å². The van der Waals surface area contributed by atoms with Crippen molar-refractivity contribution in [2.45, 2.75) is 17.5 Å². The fraction of sp³-hybridized carbons (Fsp3) is 0.111. The van der Waals surface area contributed by atoms with Gasteiger partial charge in [0.15, 0.2) is 5.16 Å². The van der Waals surface area contributed by atoms with Crippen LogP contribution >= 0.6 is 23.1 Å². The summed E-state index contributed by atoms with van der Waals surface area (Å²) >= 11 is 1.55. The van der Waals surface area contributed by atoms with Gasteiger partial charge in [-0.2, -0.15) is 8.78 Å². The number of carbonyl (C=O) groups is 1. The lowest BCUT2D eigenvalue weighted by molar-refractivity contribution is -0.116. The summed E-state index contributed by atoms with van der Waals surface area (Å²) in [6.07, 6.45) is 0. The topological polar surface area (TPSA) is 72.7 Å². The molecule has 2 aromatic carbocycles. The molecule has 10 heteroatoms. The third kappa shape index (κ3) is 4.02. The molecule has 0 radical (unpaired) electrons. The first-order valence-corrected chi connectivity index (χ1v) is 9.88. The third-order valence-corrected chi connectivity index (χ3v) is 5.40. The van der Waals surface area contributed by atoms with Crippen LogP contribution in [0.2, 0.25) is 0 Å². The minimum atomic E-state index is -2.63. The standard InChI is InChI=1S/C18H13F2N5OS2/c19-16(20)28-18-21-12-8-4-5-9-13(12)25(18)10-14(26)22-17-24-23-15(27-17)11-6-2-1-3-7-11/h1-9,16H,10H2,(H,22,24,26). The highest BCUT2D eigenvalue weighted by Crippen LogP contribution is 2.29. The number of amides is 1. The number of nitrogens with one attached hydrogen (secondary N) is 1. The molecule has 0 saturated heterocycles. The number of anilines is 1. The number of thioether (sulfide) groups is 1. The molecule has 4 aromatic rings. The molecule has 142 valence electrons. The molecule has 0 spiro atoms. The Balaban J connectivity index is 1.53. The van der Waals surface area contributed by atoms with Gasteiger partial charge in [0.25, 0.3) is 5.76 Å². The number of carbonyl (C=O) groups excluding carboxylic acids is 1. The van der Waals surface area contributed by atoms with E-state index in [-0.39, 0.29) is 11.7 Å². The van der Waals surface area contributed by atoms with Crippen molar-refractivity contribution in [2.75, 3.05) is 5.32 Å². The smallest absolute Gasteiger partial charge is 0.291 e. The number of fused-ring (bicyclic) bond motifs is 1. The molecule has 0 saturated carbocycles. The van der Waals surface area contributed by atoms with Crippen molar-refractivity contribution in [3.05, 3.63) is 54.6 Å². The second-order valence-corrected chi connectivity index (χ2v) is 7.61. The van der Waals surface area contributed by atoms with E-state index in [1.165, 1.54) is 15.9 Å². The summed E-state index contributed by atoms with van der Waals surface area (Å²) in [5.74, 6) is -3.02.